The first kappa shape index (κ1) is 19.2. The number of hydrogen-bond acceptors (Lipinski definition) is 3. The summed E-state index contributed by atoms with van der Waals surface area (Å²) in [6.45, 7) is 7.87. The van der Waals surface area contributed by atoms with Gasteiger partial charge in [0.25, 0.3) is 0 Å². The van der Waals surface area contributed by atoms with Crippen molar-refractivity contribution in [1.29, 1.82) is 0 Å². The zero-order valence-corrected chi connectivity index (χ0v) is 13.7. The normalized spacial score (nSPS) is 10.6. The first-order valence-electron chi connectivity index (χ1n) is 8.29. The van der Waals surface area contributed by atoms with E-state index < -0.39 is 0 Å². The lowest BCUT2D eigenvalue weighted by Gasteiger charge is -2.21. The summed E-state index contributed by atoms with van der Waals surface area (Å²) in [7, 11) is 1.46. The number of carbonyl (C=O) groups excluding carboxylic acids is 1. The summed E-state index contributed by atoms with van der Waals surface area (Å²) in [6.07, 6.45) is 9.62. The Morgan fingerprint density at radius 2 is 1.55 bits per heavy atom. The highest BCUT2D eigenvalue weighted by molar-refractivity contribution is 5.67. The van der Waals surface area contributed by atoms with Gasteiger partial charge in [0.05, 0.1) is 7.11 Å². The molecule has 0 aliphatic rings. The van der Waals surface area contributed by atoms with Gasteiger partial charge in [-0.25, -0.2) is 4.79 Å². The van der Waals surface area contributed by atoms with Crippen molar-refractivity contribution in [2.45, 2.75) is 65.2 Å². The van der Waals surface area contributed by atoms with Crippen molar-refractivity contribution in [2.24, 2.45) is 0 Å². The third kappa shape index (κ3) is 11.1. The van der Waals surface area contributed by atoms with Gasteiger partial charge in [-0.1, -0.05) is 52.4 Å². The number of nitrogens with zero attached hydrogens (tertiary/aromatic N) is 1. The van der Waals surface area contributed by atoms with Gasteiger partial charge < -0.3 is 15.0 Å². The second-order valence-corrected chi connectivity index (χ2v) is 5.33. The van der Waals surface area contributed by atoms with Crippen LogP contribution in [0.1, 0.15) is 65.2 Å². The molecule has 0 bridgehead atoms. The van der Waals surface area contributed by atoms with Gasteiger partial charge in [-0.3, -0.25) is 0 Å². The fourth-order valence-corrected chi connectivity index (χ4v) is 2.17. The van der Waals surface area contributed by atoms with Crippen LogP contribution in [0, 0.1) is 0 Å². The molecule has 0 atom stereocenters. The molecule has 0 aromatic carbocycles. The minimum absolute atomic E-state index is 0.200. The van der Waals surface area contributed by atoms with Gasteiger partial charge in [0.15, 0.2) is 0 Å². The topological polar surface area (TPSA) is 41.6 Å². The predicted octanol–water partition coefficient (Wildman–Crippen LogP) is 3.81. The molecule has 0 rings (SSSR count). The average molecular weight is 286 g/mol. The lowest BCUT2D eigenvalue weighted by Crippen LogP contribution is -2.37. The fraction of sp³-hybridized carbons (Fsp3) is 0.938. The zero-order valence-electron chi connectivity index (χ0n) is 13.7. The van der Waals surface area contributed by atoms with Crippen LogP contribution in [-0.2, 0) is 4.74 Å². The van der Waals surface area contributed by atoms with Crippen molar-refractivity contribution >= 4 is 6.09 Å². The lowest BCUT2D eigenvalue weighted by molar-refractivity contribution is 0.123. The van der Waals surface area contributed by atoms with Crippen molar-refractivity contribution in [3.63, 3.8) is 0 Å². The van der Waals surface area contributed by atoms with E-state index in [2.05, 4.69) is 19.2 Å². The number of nitrogens with one attached hydrogen (secondary N) is 1. The van der Waals surface area contributed by atoms with Gasteiger partial charge in [0.2, 0.25) is 0 Å². The van der Waals surface area contributed by atoms with E-state index in [9.17, 15) is 4.79 Å². The molecule has 0 unspecified atom stereocenters. The highest BCUT2D eigenvalue weighted by Crippen LogP contribution is 2.02. The molecular weight excluding hydrogens is 252 g/mol. The number of ether oxygens (including phenoxy) is 1. The van der Waals surface area contributed by atoms with Crippen LogP contribution < -0.4 is 5.32 Å². The first-order chi connectivity index (χ1) is 9.76. The molecule has 1 amide bonds. The van der Waals surface area contributed by atoms with Gasteiger partial charge in [-0.15, -0.1) is 0 Å². The maximum Gasteiger partial charge on any atom is 0.409 e. The molecule has 0 aromatic heterocycles. The molecular formula is C16H34N2O2. The van der Waals surface area contributed by atoms with Crippen LogP contribution in [-0.4, -0.2) is 44.3 Å². The molecule has 0 aliphatic carbocycles. The minimum Gasteiger partial charge on any atom is -0.453 e. The highest BCUT2D eigenvalue weighted by Gasteiger charge is 2.12. The molecule has 0 heterocycles. The van der Waals surface area contributed by atoms with E-state index in [0.717, 1.165) is 32.6 Å². The molecule has 0 saturated carbocycles. The van der Waals surface area contributed by atoms with Crippen molar-refractivity contribution in [3.8, 4) is 0 Å². The Bertz CT molecular complexity index is 223. The van der Waals surface area contributed by atoms with Gasteiger partial charge in [-0.05, 0) is 19.4 Å². The lowest BCUT2D eigenvalue weighted by atomic mass is 10.2. The molecule has 20 heavy (non-hydrogen) atoms. The Morgan fingerprint density at radius 1 is 0.900 bits per heavy atom. The molecule has 1 N–H and O–H groups in total. The number of hydrogen-bond donors (Lipinski definition) is 1. The predicted molar refractivity (Wildman–Crippen MR) is 85.1 cm³/mol. The van der Waals surface area contributed by atoms with Crippen LogP contribution in [0.15, 0.2) is 0 Å². The van der Waals surface area contributed by atoms with Gasteiger partial charge in [0, 0.05) is 19.6 Å². The summed E-state index contributed by atoms with van der Waals surface area (Å²) in [5, 5.41) is 3.41. The molecule has 0 radical (unpaired) electrons. The third-order valence-corrected chi connectivity index (χ3v) is 3.48. The summed E-state index contributed by atoms with van der Waals surface area (Å²) in [5.41, 5.74) is 0. The quantitative estimate of drug-likeness (QED) is 0.524. The van der Waals surface area contributed by atoms with E-state index in [4.69, 9.17) is 4.74 Å². The smallest absolute Gasteiger partial charge is 0.409 e. The van der Waals surface area contributed by atoms with Crippen molar-refractivity contribution in [3.05, 3.63) is 0 Å². The Labute approximate surface area is 125 Å². The Balaban J connectivity index is 3.67. The second kappa shape index (κ2) is 14.6. The summed E-state index contributed by atoms with van der Waals surface area (Å²) >= 11 is 0. The Kier molecular flexibility index (Phi) is 14.1. The molecule has 0 saturated heterocycles. The minimum atomic E-state index is -0.200. The molecule has 4 heteroatoms. The van der Waals surface area contributed by atoms with Crippen molar-refractivity contribution in [2.75, 3.05) is 33.3 Å². The number of amides is 1. The number of rotatable bonds is 13. The van der Waals surface area contributed by atoms with Crippen LogP contribution >= 0.6 is 0 Å². The van der Waals surface area contributed by atoms with E-state index in [1.54, 1.807) is 0 Å². The van der Waals surface area contributed by atoms with Crippen LogP contribution in [0.5, 0.6) is 0 Å². The summed E-state index contributed by atoms with van der Waals surface area (Å²) in [5.74, 6) is 0. The second-order valence-electron chi connectivity index (χ2n) is 5.33. The summed E-state index contributed by atoms with van der Waals surface area (Å²) < 4.78 is 4.84. The maximum atomic E-state index is 11.7. The molecule has 120 valence electrons. The maximum absolute atomic E-state index is 11.7. The average Bonchev–Trinajstić information content (AvgIpc) is 2.47. The zero-order chi connectivity index (χ0) is 15.1. The van der Waals surface area contributed by atoms with Crippen LogP contribution in [0.2, 0.25) is 0 Å². The number of methoxy groups -OCH3 is 1. The van der Waals surface area contributed by atoms with Gasteiger partial charge >= 0.3 is 6.09 Å². The van der Waals surface area contributed by atoms with Gasteiger partial charge in [-0.2, -0.15) is 0 Å². The Hall–Kier alpha value is -0.770. The van der Waals surface area contributed by atoms with Crippen molar-refractivity contribution < 1.29 is 9.53 Å². The SMILES string of the molecule is CCCCCCNCCN(CCCCCC)C(=O)OC. The van der Waals surface area contributed by atoms with Crippen LogP contribution in [0.25, 0.3) is 0 Å². The third-order valence-electron chi connectivity index (χ3n) is 3.48. The highest BCUT2D eigenvalue weighted by atomic mass is 16.5. The van der Waals surface area contributed by atoms with E-state index in [0.29, 0.717) is 0 Å². The number of unbranched alkanes of at least 4 members (excludes halogenated alkanes) is 6. The van der Waals surface area contributed by atoms with Crippen molar-refractivity contribution in [1.82, 2.24) is 10.2 Å². The van der Waals surface area contributed by atoms with Crippen LogP contribution in [0.4, 0.5) is 4.79 Å². The van der Waals surface area contributed by atoms with E-state index >= 15 is 0 Å². The largest absolute Gasteiger partial charge is 0.453 e. The van der Waals surface area contributed by atoms with E-state index in [1.807, 2.05) is 4.90 Å². The molecule has 0 spiro atoms. The molecule has 0 fully saturated rings. The first-order valence-corrected chi connectivity index (χ1v) is 8.29. The fourth-order valence-electron chi connectivity index (χ4n) is 2.17. The summed E-state index contributed by atoms with van der Waals surface area (Å²) in [4.78, 5) is 13.5. The monoisotopic (exact) mass is 286 g/mol. The Morgan fingerprint density at radius 3 is 2.15 bits per heavy atom. The van der Waals surface area contributed by atoms with E-state index in [-0.39, 0.29) is 6.09 Å². The van der Waals surface area contributed by atoms with E-state index in [1.165, 1.54) is 52.1 Å². The number of carbonyl (C=O) groups is 1. The molecule has 4 nitrogen and oxygen atoms in total. The molecule has 0 aliphatic heterocycles. The standard InChI is InChI=1S/C16H34N2O2/c1-4-6-8-10-12-17-13-15-18(16(19)20-3)14-11-9-7-5-2/h17H,4-15H2,1-3H3. The summed E-state index contributed by atoms with van der Waals surface area (Å²) in [6, 6.07) is 0. The van der Waals surface area contributed by atoms with Crippen LogP contribution in [0.3, 0.4) is 0 Å². The van der Waals surface area contributed by atoms with Gasteiger partial charge in [0.1, 0.15) is 0 Å². The molecule has 0 aromatic rings.